The Morgan fingerprint density at radius 2 is 2.19 bits per heavy atom. The average molecular weight is 231 g/mol. The van der Waals surface area contributed by atoms with Gasteiger partial charge in [-0.3, -0.25) is 10.2 Å². The molecule has 0 rings (SSSR count). The summed E-state index contributed by atoms with van der Waals surface area (Å²) in [5.41, 5.74) is 2.42. The lowest BCUT2D eigenvalue weighted by atomic mass is 10.4. The van der Waals surface area contributed by atoms with Gasteiger partial charge in [0.2, 0.25) is 11.9 Å². The van der Waals surface area contributed by atoms with E-state index in [1.165, 1.54) is 0 Å². The van der Waals surface area contributed by atoms with Gasteiger partial charge in [-0.1, -0.05) is 0 Å². The highest BCUT2D eigenvalue weighted by Gasteiger charge is 2.03. The van der Waals surface area contributed by atoms with Crippen molar-refractivity contribution in [1.82, 2.24) is 15.6 Å². The monoisotopic (exact) mass is 231 g/mol. The maximum Gasteiger partial charge on any atom is 0.223 e. The van der Waals surface area contributed by atoms with Crippen LogP contribution >= 0.6 is 0 Å². The van der Waals surface area contributed by atoms with Crippen LogP contribution in [0.5, 0.6) is 0 Å². The van der Waals surface area contributed by atoms with E-state index in [4.69, 9.17) is 10.6 Å². The topological polar surface area (TPSA) is 92.0 Å². The Morgan fingerprint density at radius 3 is 2.69 bits per heavy atom. The predicted molar refractivity (Wildman–Crippen MR) is 62.8 cm³/mol. The quantitative estimate of drug-likeness (QED) is 0.170. The number of methoxy groups -OCH3 is 1. The number of nitrogens with zero attached hydrogens (tertiary/aromatic N) is 2. The summed E-state index contributed by atoms with van der Waals surface area (Å²) in [6.07, 6.45) is 0.401. The van der Waals surface area contributed by atoms with Crippen molar-refractivity contribution in [3.05, 3.63) is 0 Å². The summed E-state index contributed by atoms with van der Waals surface area (Å²) >= 11 is 0. The van der Waals surface area contributed by atoms with Crippen molar-refractivity contribution in [1.29, 1.82) is 0 Å². The van der Waals surface area contributed by atoms with Crippen molar-refractivity contribution in [3.8, 4) is 0 Å². The van der Waals surface area contributed by atoms with Crippen molar-refractivity contribution in [2.45, 2.75) is 6.42 Å². The number of nitrogens with two attached hydrogens (primary N) is 1. The van der Waals surface area contributed by atoms with Crippen LogP contribution in [0.15, 0.2) is 4.99 Å². The standard InChI is InChI=1S/C9H21N5O2/c1-14(2)8(15)4-5-11-9(13-10)12-6-7-16-3/h4-7,10H2,1-3H3,(H2,11,12,13). The van der Waals surface area contributed by atoms with Crippen molar-refractivity contribution in [2.75, 3.05) is 40.9 Å². The number of ether oxygens (including phenoxy) is 1. The fourth-order valence-electron chi connectivity index (χ4n) is 0.913. The van der Waals surface area contributed by atoms with Gasteiger partial charge in [-0.25, -0.2) is 10.8 Å². The third-order valence-electron chi connectivity index (χ3n) is 1.83. The maximum atomic E-state index is 11.2. The van der Waals surface area contributed by atoms with Crippen LogP contribution in [0.4, 0.5) is 0 Å². The zero-order chi connectivity index (χ0) is 12.4. The molecule has 0 radical (unpaired) electrons. The number of carbonyl (C=O) groups is 1. The van der Waals surface area contributed by atoms with Gasteiger partial charge in [-0.15, -0.1) is 0 Å². The van der Waals surface area contributed by atoms with Crippen molar-refractivity contribution in [3.63, 3.8) is 0 Å². The van der Waals surface area contributed by atoms with E-state index in [-0.39, 0.29) is 5.91 Å². The fraction of sp³-hybridized carbons (Fsp3) is 0.778. The molecule has 0 heterocycles. The summed E-state index contributed by atoms with van der Waals surface area (Å²) in [7, 11) is 5.04. The summed E-state index contributed by atoms with van der Waals surface area (Å²) in [5.74, 6) is 5.77. The van der Waals surface area contributed by atoms with Gasteiger partial charge in [0.15, 0.2) is 0 Å². The normalized spacial score (nSPS) is 11.1. The van der Waals surface area contributed by atoms with Crippen LogP contribution in [0.2, 0.25) is 0 Å². The highest BCUT2D eigenvalue weighted by molar-refractivity contribution is 5.80. The van der Waals surface area contributed by atoms with Gasteiger partial charge in [-0.2, -0.15) is 0 Å². The Kier molecular flexibility index (Phi) is 8.18. The van der Waals surface area contributed by atoms with Crippen LogP contribution in [0.25, 0.3) is 0 Å². The highest BCUT2D eigenvalue weighted by atomic mass is 16.5. The van der Waals surface area contributed by atoms with Crippen LogP contribution in [-0.4, -0.2) is 57.7 Å². The van der Waals surface area contributed by atoms with E-state index in [0.29, 0.717) is 32.1 Å². The molecule has 94 valence electrons. The molecular weight excluding hydrogens is 210 g/mol. The number of aliphatic imine (C=N–C) groups is 1. The highest BCUT2D eigenvalue weighted by Crippen LogP contribution is 1.84. The molecule has 0 spiro atoms. The number of carbonyl (C=O) groups excluding carboxylic acids is 1. The van der Waals surface area contributed by atoms with E-state index in [1.54, 1.807) is 26.1 Å². The number of nitrogens with one attached hydrogen (secondary N) is 2. The minimum absolute atomic E-state index is 0.0563. The number of guanidine groups is 1. The third kappa shape index (κ3) is 7.02. The SMILES string of the molecule is COCCN=C(NN)NCCC(=O)N(C)C. The second-order valence-corrected chi connectivity index (χ2v) is 3.33. The number of hydrazine groups is 1. The van der Waals surface area contributed by atoms with Gasteiger partial charge in [0.05, 0.1) is 13.2 Å². The summed E-state index contributed by atoms with van der Waals surface area (Å²) in [5, 5.41) is 2.92. The molecule has 0 aromatic heterocycles. The molecule has 0 saturated heterocycles. The Labute approximate surface area is 96.0 Å². The van der Waals surface area contributed by atoms with Crippen molar-refractivity contribution < 1.29 is 9.53 Å². The molecule has 0 atom stereocenters. The van der Waals surface area contributed by atoms with Crippen LogP contribution < -0.4 is 16.6 Å². The number of hydrogen-bond donors (Lipinski definition) is 3. The second kappa shape index (κ2) is 8.93. The molecule has 0 unspecified atom stereocenters. The van der Waals surface area contributed by atoms with E-state index in [1.807, 2.05) is 0 Å². The average Bonchev–Trinajstić information content (AvgIpc) is 2.26. The van der Waals surface area contributed by atoms with Crippen LogP contribution in [-0.2, 0) is 9.53 Å². The van der Waals surface area contributed by atoms with E-state index < -0.39 is 0 Å². The minimum Gasteiger partial charge on any atom is -0.383 e. The summed E-state index contributed by atoms with van der Waals surface area (Å²) < 4.78 is 4.85. The van der Waals surface area contributed by atoms with Gasteiger partial charge in [-0.05, 0) is 0 Å². The zero-order valence-corrected chi connectivity index (χ0v) is 10.1. The number of amides is 1. The molecular formula is C9H21N5O2. The molecule has 4 N–H and O–H groups in total. The van der Waals surface area contributed by atoms with Crippen LogP contribution in [0.1, 0.15) is 6.42 Å². The first-order valence-corrected chi connectivity index (χ1v) is 5.05. The molecule has 0 aliphatic heterocycles. The number of hydrogen-bond acceptors (Lipinski definition) is 4. The summed E-state index contributed by atoms with van der Waals surface area (Å²) in [6, 6.07) is 0. The molecule has 16 heavy (non-hydrogen) atoms. The molecule has 0 saturated carbocycles. The lowest BCUT2D eigenvalue weighted by molar-refractivity contribution is -0.128. The number of rotatable bonds is 6. The molecule has 0 aliphatic carbocycles. The Balaban J connectivity index is 3.78. The first-order chi connectivity index (χ1) is 7.61. The van der Waals surface area contributed by atoms with Gasteiger partial charge >= 0.3 is 0 Å². The first-order valence-electron chi connectivity index (χ1n) is 5.05. The Hall–Kier alpha value is -1.34. The van der Waals surface area contributed by atoms with E-state index in [9.17, 15) is 4.79 Å². The van der Waals surface area contributed by atoms with Gasteiger partial charge < -0.3 is 15.0 Å². The Bertz CT molecular complexity index is 230. The molecule has 0 aliphatic rings. The molecule has 0 aromatic rings. The van der Waals surface area contributed by atoms with Crippen molar-refractivity contribution in [2.24, 2.45) is 10.8 Å². The molecule has 0 fully saturated rings. The molecule has 0 bridgehead atoms. The van der Waals surface area contributed by atoms with Gasteiger partial charge in [0.25, 0.3) is 0 Å². The molecule has 0 aromatic carbocycles. The van der Waals surface area contributed by atoms with Gasteiger partial charge in [0, 0.05) is 34.2 Å². The molecule has 1 amide bonds. The van der Waals surface area contributed by atoms with E-state index in [0.717, 1.165) is 0 Å². The largest absolute Gasteiger partial charge is 0.383 e. The van der Waals surface area contributed by atoms with E-state index >= 15 is 0 Å². The summed E-state index contributed by atoms with van der Waals surface area (Å²) in [4.78, 5) is 16.9. The lowest BCUT2D eigenvalue weighted by Crippen LogP contribution is -2.43. The third-order valence-corrected chi connectivity index (χ3v) is 1.83. The smallest absolute Gasteiger partial charge is 0.223 e. The zero-order valence-electron chi connectivity index (χ0n) is 10.1. The summed E-state index contributed by atoms with van der Waals surface area (Å²) in [6.45, 7) is 1.54. The van der Waals surface area contributed by atoms with Crippen LogP contribution in [0, 0.1) is 0 Å². The minimum atomic E-state index is 0.0563. The predicted octanol–water partition coefficient (Wildman–Crippen LogP) is -1.48. The van der Waals surface area contributed by atoms with Gasteiger partial charge in [0.1, 0.15) is 0 Å². The first kappa shape index (κ1) is 14.7. The molecule has 7 nitrogen and oxygen atoms in total. The van der Waals surface area contributed by atoms with E-state index in [2.05, 4.69) is 15.7 Å². The fourth-order valence-corrected chi connectivity index (χ4v) is 0.913. The van der Waals surface area contributed by atoms with Crippen molar-refractivity contribution >= 4 is 11.9 Å². The lowest BCUT2D eigenvalue weighted by Gasteiger charge is -2.12. The van der Waals surface area contributed by atoms with Crippen LogP contribution in [0.3, 0.4) is 0 Å². The molecule has 7 heteroatoms. The maximum absolute atomic E-state index is 11.2. The second-order valence-electron chi connectivity index (χ2n) is 3.33. The Morgan fingerprint density at radius 1 is 1.50 bits per heavy atom.